The molecule has 1 heterocycles. The van der Waals surface area contributed by atoms with Crippen LogP contribution in [-0.4, -0.2) is 111 Å². The third-order valence-corrected chi connectivity index (χ3v) is 7.85. The second kappa shape index (κ2) is 25.3. The van der Waals surface area contributed by atoms with Crippen molar-refractivity contribution in [3.8, 4) is 0 Å². The van der Waals surface area contributed by atoms with Gasteiger partial charge in [0.25, 0.3) is 11.8 Å². The fourth-order valence-corrected chi connectivity index (χ4v) is 4.98. The number of nitrogens with two attached hydrogens (primary N) is 1. The Bertz CT molecular complexity index is 1470. The van der Waals surface area contributed by atoms with Crippen molar-refractivity contribution in [1.82, 2.24) is 37.0 Å². The molecule has 1 aliphatic heterocycles. The highest BCUT2D eigenvalue weighted by Crippen LogP contribution is 2.13. The van der Waals surface area contributed by atoms with Crippen LogP contribution in [-0.2, 0) is 44.8 Å². The first-order valence-corrected chi connectivity index (χ1v) is 17.9. The van der Waals surface area contributed by atoms with Crippen LogP contribution in [0.15, 0.2) is 36.4 Å². The number of carbonyl (C=O) groups excluding carboxylic acids is 8. The summed E-state index contributed by atoms with van der Waals surface area (Å²) in [5.74, 6) is -2.49. The Morgan fingerprint density at radius 2 is 1.49 bits per heavy atom. The minimum Gasteiger partial charge on any atom is -0.446 e. The number of primary amides is 1. The minimum absolute atomic E-state index is 0.0366. The molecule has 0 saturated heterocycles. The van der Waals surface area contributed by atoms with Gasteiger partial charge in [0.05, 0.1) is 13.2 Å². The zero-order valence-corrected chi connectivity index (χ0v) is 31.4. The van der Waals surface area contributed by atoms with E-state index < -0.39 is 42.1 Å². The molecule has 9 N–H and O–H groups in total. The van der Waals surface area contributed by atoms with Crippen LogP contribution < -0.4 is 43.2 Å². The number of carbonyl (C=O) groups is 8. The zero-order valence-electron chi connectivity index (χ0n) is 31.4. The van der Waals surface area contributed by atoms with E-state index in [9.17, 15) is 38.4 Å². The fraction of sp³-hybridized carbons (Fsp3) is 0.543. The van der Waals surface area contributed by atoms with Crippen LogP contribution in [0.5, 0.6) is 0 Å². The average molecular weight is 776 g/mol. The van der Waals surface area contributed by atoms with Gasteiger partial charge in [0.1, 0.15) is 25.3 Å². The van der Waals surface area contributed by atoms with Crippen molar-refractivity contribution in [3.05, 3.63) is 42.0 Å². The van der Waals surface area contributed by atoms with E-state index >= 15 is 0 Å². The Morgan fingerprint density at radius 1 is 0.782 bits per heavy atom. The lowest BCUT2D eigenvalue weighted by Gasteiger charge is -2.25. The number of urea groups is 1. The summed E-state index contributed by atoms with van der Waals surface area (Å²) in [6.07, 6.45) is 3.29. The van der Waals surface area contributed by atoms with Gasteiger partial charge in [-0.15, -0.1) is 0 Å². The standard InChI is InChI=1S/C35H53N9O11/c1-23(2)30(42-27(45)9-5-4-6-18-44-28(46)14-15-29(44)47)32(49)41-26(8-7-16-38-33(36)50)31(48)40-25-12-10-24(11-13-25)22-55-34(51)39-17-19-53-20-21-54-35(52)43-37-3/h10-15,23,26,30,37H,4-9,16-22H2,1-3H3,(H,39,51)(H,40,48)(H,41,49)(H,42,45)(H,43,52)(H3,36,38,50)/t26-,30-/m0/s1. The third-order valence-electron chi connectivity index (χ3n) is 7.85. The van der Waals surface area contributed by atoms with Crippen LogP contribution in [0.4, 0.5) is 20.1 Å². The summed E-state index contributed by atoms with van der Waals surface area (Å²) < 4.78 is 15.3. The average Bonchev–Trinajstić information content (AvgIpc) is 3.46. The number of hydrogen-bond acceptors (Lipinski definition) is 12. The molecule has 0 aromatic heterocycles. The molecular weight excluding hydrogens is 722 g/mol. The number of hydrogen-bond donors (Lipinski definition) is 8. The maximum atomic E-state index is 13.4. The molecule has 1 aliphatic rings. The van der Waals surface area contributed by atoms with Gasteiger partial charge < -0.3 is 46.5 Å². The molecule has 0 unspecified atom stereocenters. The number of ether oxygens (including phenoxy) is 3. The summed E-state index contributed by atoms with van der Waals surface area (Å²) in [5, 5.41) is 13.2. The van der Waals surface area contributed by atoms with Crippen molar-refractivity contribution in [2.75, 3.05) is 51.8 Å². The van der Waals surface area contributed by atoms with E-state index in [0.717, 1.165) is 4.90 Å². The molecule has 20 nitrogen and oxygen atoms in total. The van der Waals surface area contributed by atoms with E-state index in [4.69, 9.17) is 19.9 Å². The molecule has 0 aliphatic carbocycles. The highest BCUT2D eigenvalue weighted by molar-refractivity contribution is 6.12. The van der Waals surface area contributed by atoms with Crippen molar-refractivity contribution in [3.63, 3.8) is 0 Å². The maximum Gasteiger partial charge on any atom is 0.421 e. The molecular formula is C35H53N9O11. The number of benzene rings is 1. The SMILES string of the molecule is CNNC(=O)OCCOCCNC(=O)OCc1ccc(NC(=O)[C@H](CCCNC(N)=O)NC(=O)[C@@H](NC(=O)CCCCCN2C(=O)C=CC2=O)C(C)C)cc1. The lowest BCUT2D eigenvalue weighted by atomic mass is 10.0. The van der Waals surface area contributed by atoms with E-state index in [1.54, 1.807) is 38.1 Å². The monoisotopic (exact) mass is 775 g/mol. The van der Waals surface area contributed by atoms with Crippen LogP contribution >= 0.6 is 0 Å². The van der Waals surface area contributed by atoms with E-state index in [1.807, 2.05) is 0 Å². The second-order valence-electron chi connectivity index (χ2n) is 12.6. The fourth-order valence-electron chi connectivity index (χ4n) is 4.98. The lowest BCUT2D eigenvalue weighted by Crippen LogP contribution is -2.54. The summed E-state index contributed by atoms with van der Waals surface area (Å²) in [5.41, 5.74) is 10.8. The maximum absolute atomic E-state index is 13.4. The van der Waals surface area contributed by atoms with E-state index in [-0.39, 0.29) is 82.5 Å². The normalized spacial score (nSPS) is 13.1. The van der Waals surface area contributed by atoms with Crippen molar-refractivity contribution in [2.24, 2.45) is 11.7 Å². The molecule has 0 radical (unpaired) electrons. The number of imide groups is 1. The van der Waals surface area contributed by atoms with Gasteiger partial charge in [0.15, 0.2) is 0 Å². The molecule has 0 spiro atoms. The quantitative estimate of drug-likeness (QED) is 0.0378. The van der Waals surface area contributed by atoms with E-state index in [2.05, 4.69) is 37.4 Å². The highest BCUT2D eigenvalue weighted by Gasteiger charge is 2.29. The molecule has 9 amide bonds. The first-order valence-electron chi connectivity index (χ1n) is 17.9. The van der Waals surface area contributed by atoms with Crippen molar-refractivity contribution in [1.29, 1.82) is 0 Å². The zero-order chi connectivity index (χ0) is 40.6. The van der Waals surface area contributed by atoms with Gasteiger partial charge in [-0.1, -0.05) is 32.4 Å². The van der Waals surface area contributed by atoms with Gasteiger partial charge >= 0.3 is 18.2 Å². The summed E-state index contributed by atoms with van der Waals surface area (Å²) >= 11 is 0. The van der Waals surface area contributed by atoms with Crippen LogP contribution in [0.2, 0.25) is 0 Å². The first-order chi connectivity index (χ1) is 26.3. The molecule has 0 saturated carbocycles. The van der Waals surface area contributed by atoms with Crippen molar-refractivity contribution < 1.29 is 52.6 Å². The number of rotatable bonds is 25. The Hall–Kier alpha value is -5.76. The Labute approximate surface area is 319 Å². The van der Waals surface area contributed by atoms with Gasteiger partial charge in [-0.05, 0) is 49.3 Å². The van der Waals surface area contributed by atoms with Gasteiger partial charge in [-0.3, -0.25) is 34.3 Å². The summed E-state index contributed by atoms with van der Waals surface area (Å²) in [6.45, 7) is 4.40. The number of amides is 9. The van der Waals surface area contributed by atoms with E-state index in [1.165, 1.54) is 19.2 Å². The molecule has 0 bridgehead atoms. The van der Waals surface area contributed by atoms with E-state index in [0.29, 0.717) is 36.9 Å². The predicted molar refractivity (Wildman–Crippen MR) is 197 cm³/mol. The number of anilines is 1. The van der Waals surface area contributed by atoms with Crippen LogP contribution in [0.3, 0.4) is 0 Å². The molecule has 1 aromatic rings. The van der Waals surface area contributed by atoms with Crippen LogP contribution in [0.1, 0.15) is 57.9 Å². The number of nitrogens with zero attached hydrogens (tertiary/aromatic N) is 1. The molecule has 1 aromatic carbocycles. The second-order valence-corrected chi connectivity index (χ2v) is 12.6. The Kier molecular flexibility index (Phi) is 20.9. The topological polar surface area (TPSA) is 278 Å². The van der Waals surface area contributed by atoms with Gasteiger partial charge in [0, 0.05) is 50.9 Å². The molecule has 2 atom stereocenters. The molecule has 2 rings (SSSR count). The number of unbranched alkanes of at least 4 members (excludes halogenated alkanes) is 2. The minimum atomic E-state index is -1.04. The summed E-state index contributed by atoms with van der Waals surface area (Å²) in [4.78, 5) is 98.3. The Morgan fingerprint density at radius 3 is 2.15 bits per heavy atom. The molecule has 55 heavy (non-hydrogen) atoms. The van der Waals surface area contributed by atoms with Gasteiger partial charge in [-0.25, -0.2) is 19.8 Å². The largest absolute Gasteiger partial charge is 0.446 e. The van der Waals surface area contributed by atoms with Gasteiger partial charge in [0.2, 0.25) is 17.7 Å². The molecule has 0 fully saturated rings. The molecule has 20 heteroatoms. The number of alkyl carbamates (subject to hydrolysis) is 1. The first kappa shape index (κ1) is 45.4. The predicted octanol–water partition coefficient (Wildman–Crippen LogP) is 0.288. The summed E-state index contributed by atoms with van der Waals surface area (Å²) in [6, 6.07) is 3.79. The number of hydrazine groups is 1. The van der Waals surface area contributed by atoms with Crippen molar-refractivity contribution in [2.45, 2.75) is 71.1 Å². The molecule has 304 valence electrons. The highest BCUT2D eigenvalue weighted by atomic mass is 16.6. The smallest absolute Gasteiger partial charge is 0.421 e. The summed E-state index contributed by atoms with van der Waals surface area (Å²) in [7, 11) is 1.52. The van der Waals surface area contributed by atoms with Crippen LogP contribution in [0, 0.1) is 5.92 Å². The van der Waals surface area contributed by atoms with Crippen molar-refractivity contribution >= 4 is 53.4 Å². The number of nitrogens with one attached hydrogen (secondary N) is 7. The Balaban J connectivity index is 1.84. The lowest BCUT2D eigenvalue weighted by molar-refractivity contribution is -0.137. The van der Waals surface area contributed by atoms with Crippen LogP contribution in [0.25, 0.3) is 0 Å². The van der Waals surface area contributed by atoms with Gasteiger partial charge in [-0.2, -0.15) is 0 Å². The third kappa shape index (κ3) is 18.7.